The number of hydrogen-bond donors (Lipinski definition) is 1. The first kappa shape index (κ1) is 16.6. The number of halogens is 2. The van der Waals surface area contributed by atoms with Crippen molar-refractivity contribution in [3.8, 4) is 0 Å². The van der Waals surface area contributed by atoms with Gasteiger partial charge in [-0.2, -0.15) is 0 Å². The molecule has 0 saturated carbocycles. The lowest BCUT2D eigenvalue weighted by Crippen LogP contribution is -2.45. The van der Waals surface area contributed by atoms with Gasteiger partial charge in [0.05, 0.1) is 31.5 Å². The van der Waals surface area contributed by atoms with Crippen molar-refractivity contribution in [1.82, 2.24) is 10.3 Å². The van der Waals surface area contributed by atoms with E-state index in [1.54, 1.807) is 0 Å². The Morgan fingerprint density at radius 2 is 2.09 bits per heavy atom. The molecule has 1 aliphatic rings. The summed E-state index contributed by atoms with van der Waals surface area (Å²) < 4.78 is 6.57. The van der Waals surface area contributed by atoms with Crippen molar-refractivity contribution in [3.63, 3.8) is 0 Å². The summed E-state index contributed by atoms with van der Waals surface area (Å²) in [5, 5.41) is 3.91. The fourth-order valence-corrected chi connectivity index (χ4v) is 3.28. The Bertz CT molecular complexity index is 673. The Hall–Kier alpha value is -1.27. The van der Waals surface area contributed by atoms with E-state index in [0.717, 1.165) is 29.9 Å². The lowest BCUT2D eigenvalue weighted by atomic mass is 10.0. The van der Waals surface area contributed by atoms with E-state index in [-0.39, 0.29) is 6.04 Å². The molecule has 0 fully saturated rings. The molecule has 2 heterocycles. The second kappa shape index (κ2) is 8.02. The van der Waals surface area contributed by atoms with Gasteiger partial charge in [0.2, 0.25) is 0 Å². The van der Waals surface area contributed by atoms with E-state index in [0.29, 0.717) is 23.0 Å². The molecule has 0 saturated heterocycles. The molecule has 2 aromatic rings. The maximum atomic E-state index is 6.05. The highest BCUT2D eigenvalue weighted by Gasteiger charge is 2.21. The lowest BCUT2D eigenvalue weighted by Gasteiger charge is -2.25. The van der Waals surface area contributed by atoms with Crippen LogP contribution in [0.5, 0.6) is 0 Å². The molecule has 1 aromatic carbocycles. The number of hydrogen-bond acceptors (Lipinski definition) is 4. The maximum Gasteiger partial charge on any atom is 0.131 e. The molecule has 0 amide bonds. The number of pyridine rings is 1. The lowest BCUT2D eigenvalue weighted by molar-refractivity contribution is 0.112. The van der Waals surface area contributed by atoms with Crippen LogP contribution >= 0.6 is 27.5 Å². The smallest absolute Gasteiger partial charge is 0.131 e. The standard InChI is InChI=1S/C17H17BrClN3O/c18-15-8-13(9-16(19)22-15)17-14(20-6-7-21-17)11-23-10-12-4-2-1-3-5-12/h1-5,8-9,14,20H,6-7,10-11H2. The van der Waals surface area contributed by atoms with Gasteiger partial charge in [0.1, 0.15) is 9.76 Å². The first-order chi connectivity index (χ1) is 11.2. The van der Waals surface area contributed by atoms with Crippen molar-refractivity contribution in [1.29, 1.82) is 0 Å². The summed E-state index contributed by atoms with van der Waals surface area (Å²) in [7, 11) is 0. The molecule has 1 unspecified atom stereocenters. The van der Waals surface area contributed by atoms with E-state index in [1.807, 2.05) is 30.3 Å². The molecule has 0 radical (unpaired) electrons. The molecular weight excluding hydrogens is 378 g/mol. The molecule has 0 bridgehead atoms. The number of benzene rings is 1. The van der Waals surface area contributed by atoms with E-state index < -0.39 is 0 Å². The van der Waals surface area contributed by atoms with Crippen molar-refractivity contribution in [3.05, 3.63) is 63.3 Å². The van der Waals surface area contributed by atoms with Crippen molar-refractivity contribution < 1.29 is 4.74 Å². The first-order valence-corrected chi connectivity index (χ1v) is 8.62. The Kier molecular flexibility index (Phi) is 5.78. The minimum Gasteiger partial charge on any atom is -0.375 e. The van der Waals surface area contributed by atoms with E-state index in [2.05, 4.69) is 43.4 Å². The molecule has 120 valence electrons. The summed E-state index contributed by atoms with van der Waals surface area (Å²) in [6.07, 6.45) is 0. The second-order valence-electron chi connectivity index (χ2n) is 5.28. The first-order valence-electron chi connectivity index (χ1n) is 7.45. The van der Waals surface area contributed by atoms with Gasteiger partial charge in [0.15, 0.2) is 0 Å². The molecule has 3 rings (SSSR count). The second-order valence-corrected chi connectivity index (χ2v) is 6.48. The third-order valence-electron chi connectivity index (χ3n) is 3.57. The Balaban J connectivity index is 1.68. The maximum absolute atomic E-state index is 6.05. The van der Waals surface area contributed by atoms with Gasteiger partial charge in [-0.15, -0.1) is 0 Å². The van der Waals surface area contributed by atoms with Crippen LogP contribution in [0.3, 0.4) is 0 Å². The summed E-state index contributed by atoms with van der Waals surface area (Å²) in [5.41, 5.74) is 3.10. The summed E-state index contributed by atoms with van der Waals surface area (Å²) >= 11 is 9.43. The highest BCUT2D eigenvalue weighted by atomic mass is 79.9. The van der Waals surface area contributed by atoms with Crippen molar-refractivity contribution in [2.24, 2.45) is 4.99 Å². The molecule has 1 N–H and O–H groups in total. The van der Waals surface area contributed by atoms with Crippen LogP contribution in [0.1, 0.15) is 11.1 Å². The molecule has 1 aromatic heterocycles. The van der Waals surface area contributed by atoms with Gasteiger partial charge in [0.25, 0.3) is 0 Å². The number of nitrogens with one attached hydrogen (secondary N) is 1. The summed E-state index contributed by atoms with van der Waals surface area (Å²) in [6, 6.07) is 14.0. The van der Waals surface area contributed by atoms with Gasteiger partial charge < -0.3 is 10.1 Å². The normalized spacial score (nSPS) is 17.8. The fraction of sp³-hybridized carbons (Fsp3) is 0.294. The zero-order valence-corrected chi connectivity index (χ0v) is 14.8. The van der Waals surface area contributed by atoms with E-state index in [9.17, 15) is 0 Å². The Labute approximate surface area is 149 Å². The molecular formula is C17H17BrClN3O. The van der Waals surface area contributed by atoms with Crippen LogP contribution in [0.25, 0.3) is 0 Å². The van der Waals surface area contributed by atoms with Crippen LogP contribution in [0.15, 0.2) is 52.1 Å². The van der Waals surface area contributed by atoms with Gasteiger partial charge in [-0.1, -0.05) is 41.9 Å². The largest absolute Gasteiger partial charge is 0.375 e. The van der Waals surface area contributed by atoms with Gasteiger partial charge in [-0.05, 0) is 33.6 Å². The zero-order valence-electron chi connectivity index (χ0n) is 12.5. The minimum atomic E-state index is 0.0535. The van der Waals surface area contributed by atoms with E-state index in [4.69, 9.17) is 16.3 Å². The fourth-order valence-electron chi connectivity index (χ4n) is 2.53. The summed E-state index contributed by atoms with van der Waals surface area (Å²) in [6.45, 7) is 2.75. The third-order valence-corrected chi connectivity index (χ3v) is 4.17. The molecule has 1 atom stereocenters. The van der Waals surface area contributed by atoms with Crippen LogP contribution in [0, 0.1) is 0 Å². The highest BCUT2D eigenvalue weighted by molar-refractivity contribution is 9.10. The van der Waals surface area contributed by atoms with E-state index in [1.165, 1.54) is 0 Å². The van der Waals surface area contributed by atoms with Crippen LogP contribution in [-0.2, 0) is 11.3 Å². The van der Waals surface area contributed by atoms with Crippen molar-refractivity contribution in [2.75, 3.05) is 19.7 Å². The monoisotopic (exact) mass is 393 g/mol. The number of nitrogens with zero attached hydrogens (tertiary/aromatic N) is 2. The minimum absolute atomic E-state index is 0.0535. The SMILES string of the molecule is Clc1cc(C2=NCCNC2COCc2ccccc2)cc(Br)n1. The average Bonchev–Trinajstić information content (AvgIpc) is 2.55. The topological polar surface area (TPSA) is 46.5 Å². The Morgan fingerprint density at radius 3 is 2.87 bits per heavy atom. The number of aliphatic imine (C=N–C) groups is 1. The van der Waals surface area contributed by atoms with Crippen LogP contribution in [0.2, 0.25) is 5.15 Å². The molecule has 0 spiro atoms. The molecule has 4 nitrogen and oxygen atoms in total. The molecule has 0 aliphatic carbocycles. The zero-order chi connectivity index (χ0) is 16.1. The van der Waals surface area contributed by atoms with Crippen LogP contribution in [0.4, 0.5) is 0 Å². The predicted octanol–water partition coefficient (Wildman–Crippen LogP) is 3.48. The molecule has 6 heteroatoms. The summed E-state index contributed by atoms with van der Waals surface area (Å²) in [5.74, 6) is 0. The van der Waals surface area contributed by atoms with Gasteiger partial charge in [-0.3, -0.25) is 4.99 Å². The third kappa shape index (κ3) is 4.61. The van der Waals surface area contributed by atoms with Gasteiger partial charge in [-0.25, -0.2) is 4.98 Å². The molecule has 1 aliphatic heterocycles. The number of rotatable bonds is 5. The van der Waals surface area contributed by atoms with Crippen LogP contribution in [-0.4, -0.2) is 36.4 Å². The molecule has 23 heavy (non-hydrogen) atoms. The quantitative estimate of drug-likeness (QED) is 0.790. The van der Waals surface area contributed by atoms with Crippen molar-refractivity contribution >= 4 is 33.2 Å². The highest BCUT2D eigenvalue weighted by Crippen LogP contribution is 2.18. The Morgan fingerprint density at radius 1 is 1.26 bits per heavy atom. The van der Waals surface area contributed by atoms with Gasteiger partial charge in [0, 0.05) is 12.1 Å². The predicted molar refractivity (Wildman–Crippen MR) is 96.2 cm³/mol. The van der Waals surface area contributed by atoms with E-state index >= 15 is 0 Å². The average molecular weight is 395 g/mol. The summed E-state index contributed by atoms with van der Waals surface area (Å²) in [4.78, 5) is 8.79. The van der Waals surface area contributed by atoms with Gasteiger partial charge >= 0.3 is 0 Å². The number of ether oxygens (including phenoxy) is 1. The van der Waals surface area contributed by atoms with Crippen molar-refractivity contribution in [2.45, 2.75) is 12.6 Å². The number of aromatic nitrogens is 1. The van der Waals surface area contributed by atoms with Crippen LogP contribution < -0.4 is 5.32 Å².